The SMILES string of the molecule is CCCCC/C=C\CCCCCCCC(=O)OC(CCC/C=C/C=C/CCCCCCCCC)CC(=O)NC(CO)C(O)CCCCCCCCCCCC. The van der Waals surface area contributed by atoms with E-state index in [-0.39, 0.29) is 24.9 Å². The molecule has 322 valence electrons. The van der Waals surface area contributed by atoms with Gasteiger partial charge in [-0.1, -0.05) is 192 Å². The van der Waals surface area contributed by atoms with E-state index < -0.39 is 18.2 Å². The van der Waals surface area contributed by atoms with Crippen LogP contribution in [0.3, 0.4) is 0 Å². The van der Waals surface area contributed by atoms with Gasteiger partial charge >= 0.3 is 5.97 Å². The molecule has 0 bridgehead atoms. The van der Waals surface area contributed by atoms with Crippen molar-refractivity contribution in [3.05, 3.63) is 36.5 Å². The van der Waals surface area contributed by atoms with Crippen molar-refractivity contribution < 1.29 is 24.5 Å². The summed E-state index contributed by atoms with van der Waals surface area (Å²) in [5.74, 6) is -0.529. The van der Waals surface area contributed by atoms with Crippen LogP contribution in [-0.2, 0) is 14.3 Å². The highest BCUT2D eigenvalue weighted by Crippen LogP contribution is 2.16. The second kappa shape index (κ2) is 43.2. The number of ether oxygens (including phenoxy) is 1. The van der Waals surface area contributed by atoms with Crippen LogP contribution >= 0.6 is 0 Å². The number of esters is 1. The Labute approximate surface area is 341 Å². The number of aliphatic hydroxyl groups excluding tert-OH is 2. The molecule has 0 aromatic carbocycles. The first kappa shape index (κ1) is 53.1. The van der Waals surface area contributed by atoms with Gasteiger partial charge in [0.05, 0.1) is 25.2 Å². The molecule has 0 spiro atoms. The van der Waals surface area contributed by atoms with Crippen LogP contribution in [0.5, 0.6) is 0 Å². The van der Waals surface area contributed by atoms with Crippen molar-refractivity contribution in [2.24, 2.45) is 0 Å². The highest BCUT2D eigenvalue weighted by molar-refractivity contribution is 5.77. The summed E-state index contributed by atoms with van der Waals surface area (Å²) in [6.45, 7) is 6.42. The molecule has 0 rings (SSSR count). The molecule has 0 aromatic heterocycles. The molecule has 55 heavy (non-hydrogen) atoms. The van der Waals surface area contributed by atoms with E-state index >= 15 is 0 Å². The molecule has 0 radical (unpaired) electrons. The Hall–Kier alpha value is -1.92. The lowest BCUT2D eigenvalue weighted by atomic mass is 10.0. The molecule has 0 saturated heterocycles. The summed E-state index contributed by atoms with van der Waals surface area (Å²) >= 11 is 0. The number of amides is 1. The van der Waals surface area contributed by atoms with E-state index in [1.807, 2.05) is 0 Å². The molecule has 0 fully saturated rings. The Morgan fingerprint density at radius 3 is 1.47 bits per heavy atom. The van der Waals surface area contributed by atoms with Gasteiger partial charge in [0.2, 0.25) is 5.91 Å². The minimum Gasteiger partial charge on any atom is -0.462 e. The summed E-state index contributed by atoms with van der Waals surface area (Å²) in [6.07, 6.45) is 49.2. The van der Waals surface area contributed by atoms with Crippen LogP contribution in [0.15, 0.2) is 36.5 Å². The Bertz CT molecular complexity index is 915. The van der Waals surface area contributed by atoms with Gasteiger partial charge in [-0.15, -0.1) is 0 Å². The maximum absolute atomic E-state index is 13.1. The van der Waals surface area contributed by atoms with Crippen LogP contribution < -0.4 is 5.32 Å². The normalized spacial score (nSPS) is 13.6. The minimum absolute atomic E-state index is 0.0429. The van der Waals surface area contributed by atoms with Gasteiger partial charge in [-0.25, -0.2) is 0 Å². The van der Waals surface area contributed by atoms with E-state index in [9.17, 15) is 19.8 Å². The van der Waals surface area contributed by atoms with Crippen LogP contribution in [0, 0.1) is 0 Å². The van der Waals surface area contributed by atoms with Gasteiger partial charge < -0.3 is 20.3 Å². The van der Waals surface area contributed by atoms with Gasteiger partial charge in [0.15, 0.2) is 0 Å². The fraction of sp³-hybridized carbons (Fsp3) is 0.837. The molecule has 0 aromatic rings. The van der Waals surface area contributed by atoms with Crippen molar-refractivity contribution >= 4 is 11.9 Å². The van der Waals surface area contributed by atoms with Gasteiger partial charge in [0.25, 0.3) is 0 Å². The number of aliphatic hydroxyl groups is 2. The second-order valence-electron chi connectivity index (χ2n) is 16.2. The first-order chi connectivity index (χ1) is 27.0. The fourth-order valence-corrected chi connectivity index (χ4v) is 7.07. The molecule has 3 N–H and O–H groups in total. The Kier molecular flexibility index (Phi) is 41.7. The van der Waals surface area contributed by atoms with Crippen LogP contribution in [0.25, 0.3) is 0 Å². The van der Waals surface area contributed by atoms with Crippen molar-refractivity contribution in [2.45, 2.75) is 257 Å². The third kappa shape index (κ3) is 38.7. The fourth-order valence-electron chi connectivity index (χ4n) is 7.07. The quantitative estimate of drug-likeness (QED) is 0.0248. The number of hydrogen-bond donors (Lipinski definition) is 3. The summed E-state index contributed by atoms with van der Waals surface area (Å²) in [4.78, 5) is 26.0. The third-order valence-electron chi connectivity index (χ3n) is 10.7. The minimum atomic E-state index is -0.796. The van der Waals surface area contributed by atoms with Gasteiger partial charge in [0, 0.05) is 6.42 Å². The third-order valence-corrected chi connectivity index (χ3v) is 10.7. The maximum Gasteiger partial charge on any atom is 0.306 e. The van der Waals surface area contributed by atoms with E-state index in [2.05, 4.69) is 62.5 Å². The number of unbranched alkanes of at least 4 members (excludes halogenated alkanes) is 25. The van der Waals surface area contributed by atoms with Crippen molar-refractivity contribution in [3.8, 4) is 0 Å². The predicted molar refractivity (Wildman–Crippen MR) is 236 cm³/mol. The monoisotopic (exact) mass is 774 g/mol. The Balaban J connectivity index is 4.69. The average molecular weight is 774 g/mol. The van der Waals surface area contributed by atoms with Gasteiger partial charge in [-0.05, 0) is 70.6 Å². The van der Waals surface area contributed by atoms with Crippen molar-refractivity contribution in [3.63, 3.8) is 0 Å². The molecular weight excluding hydrogens is 683 g/mol. The highest BCUT2D eigenvalue weighted by Gasteiger charge is 2.24. The van der Waals surface area contributed by atoms with Gasteiger partial charge in [-0.2, -0.15) is 0 Å². The molecule has 0 aliphatic carbocycles. The molecule has 3 atom stereocenters. The molecule has 1 amide bonds. The molecule has 0 saturated carbocycles. The summed E-state index contributed by atoms with van der Waals surface area (Å²) in [5.41, 5.74) is 0. The van der Waals surface area contributed by atoms with Crippen LogP contribution in [0.1, 0.15) is 239 Å². The first-order valence-corrected chi connectivity index (χ1v) is 23.7. The predicted octanol–water partition coefficient (Wildman–Crippen LogP) is 13.7. The van der Waals surface area contributed by atoms with Crippen LogP contribution in [0.4, 0.5) is 0 Å². The summed E-state index contributed by atoms with van der Waals surface area (Å²) in [6, 6.07) is -0.713. The topological polar surface area (TPSA) is 95.9 Å². The second-order valence-corrected chi connectivity index (χ2v) is 16.2. The number of nitrogens with one attached hydrogen (secondary N) is 1. The Morgan fingerprint density at radius 1 is 0.527 bits per heavy atom. The lowest BCUT2D eigenvalue weighted by Gasteiger charge is -2.24. The van der Waals surface area contributed by atoms with Crippen molar-refractivity contribution in [2.75, 3.05) is 6.61 Å². The molecule has 6 heteroatoms. The molecule has 6 nitrogen and oxygen atoms in total. The zero-order valence-electron chi connectivity index (χ0n) is 36.6. The van der Waals surface area contributed by atoms with E-state index in [1.54, 1.807) is 0 Å². The summed E-state index contributed by atoms with van der Waals surface area (Å²) in [5, 5.41) is 23.6. The summed E-state index contributed by atoms with van der Waals surface area (Å²) < 4.78 is 5.88. The number of allylic oxidation sites excluding steroid dienone is 6. The highest BCUT2D eigenvalue weighted by atomic mass is 16.5. The van der Waals surface area contributed by atoms with Crippen molar-refractivity contribution in [1.82, 2.24) is 5.32 Å². The number of carbonyl (C=O) groups excluding carboxylic acids is 2. The molecule has 0 aliphatic rings. The average Bonchev–Trinajstić information content (AvgIpc) is 3.18. The number of hydrogen-bond acceptors (Lipinski definition) is 5. The lowest BCUT2D eigenvalue weighted by molar-refractivity contribution is -0.151. The number of rotatable bonds is 42. The standard InChI is InChI=1S/C49H91NO5/c1-4-7-10-13-16-19-22-24-25-26-28-31-34-37-40-45(55-49(54)42-39-36-33-30-27-23-20-17-14-11-8-5-2)43-48(53)50-46(44-51)47(52)41-38-35-32-29-21-18-15-12-9-6-3/h17,20,25-26,28,31,45-47,51-52H,4-16,18-19,21-24,27,29-30,32-44H2,1-3H3,(H,50,53)/b20-17-,26-25+,31-28+. The van der Waals surface area contributed by atoms with E-state index in [4.69, 9.17) is 4.74 Å². The first-order valence-electron chi connectivity index (χ1n) is 23.7. The van der Waals surface area contributed by atoms with E-state index in [0.29, 0.717) is 19.3 Å². The summed E-state index contributed by atoms with van der Waals surface area (Å²) in [7, 11) is 0. The van der Waals surface area contributed by atoms with Gasteiger partial charge in [-0.3, -0.25) is 9.59 Å². The van der Waals surface area contributed by atoms with Crippen molar-refractivity contribution in [1.29, 1.82) is 0 Å². The molecule has 3 unspecified atom stereocenters. The Morgan fingerprint density at radius 2 is 0.945 bits per heavy atom. The smallest absolute Gasteiger partial charge is 0.306 e. The zero-order valence-corrected chi connectivity index (χ0v) is 36.6. The van der Waals surface area contributed by atoms with E-state index in [1.165, 1.54) is 128 Å². The van der Waals surface area contributed by atoms with E-state index in [0.717, 1.165) is 64.2 Å². The number of carbonyl (C=O) groups is 2. The maximum atomic E-state index is 13.1. The van der Waals surface area contributed by atoms with Gasteiger partial charge in [0.1, 0.15) is 6.10 Å². The molecule has 0 aliphatic heterocycles. The molecule has 0 heterocycles. The zero-order chi connectivity index (χ0) is 40.3. The largest absolute Gasteiger partial charge is 0.462 e. The lowest BCUT2D eigenvalue weighted by Crippen LogP contribution is -2.46. The molecular formula is C49H91NO5. The van der Waals surface area contributed by atoms with Crippen LogP contribution in [0.2, 0.25) is 0 Å². The van der Waals surface area contributed by atoms with Crippen LogP contribution in [-0.4, -0.2) is 46.9 Å².